The molecule has 1 aromatic rings. The highest BCUT2D eigenvalue weighted by atomic mass is 16.4. The Morgan fingerprint density at radius 1 is 0.800 bits per heavy atom. The lowest BCUT2D eigenvalue weighted by Crippen LogP contribution is -1.92. The van der Waals surface area contributed by atoms with E-state index in [2.05, 4.69) is 13.2 Å². The lowest BCUT2D eigenvalue weighted by atomic mass is 10.3. The molecule has 0 saturated heterocycles. The average Bonchev–Trinajstić information content (AvgIpc) is 2.34. The SMILES string of the molecule is C=C(C)C(=O)O.C=C(C)C(=O)O.Oc1ccc(O)cc1. The van der Waals surface area contributed by atoms with Crippen LogP contribution in [0, 0.1) is 0 Å². The molecule has 4 N–H and O–H groups in total. The summed E-state index contributed by atoms with van der Waals surface area (Å²) in [4.78, 5) is 19.2. The fourth-order valence-electron chi connectivity index (χ4n) is 0.453. The van der Waals surface area contributed by atoms with Crippen LogP contribution in [0.4, 0.5) is 0 Å². The first-order chi connectivity index (χ1) is 9.07. The Hall–Kier alpha value is -2.76. The third kappa shape index (κ3) is 13.3. The van der Waals surface area contributed by atoms with Crippen molar-refractivity contribution < 1.29 is 30.0 Å². The molecule has 0 radical (unpaired) electrons. The normalized spacial score (nSPS) is 8.10. The molecule has 1 aromatic carbocycles. The van der Waals surface area contributed by atoms with Crippen molar-refractivity contribution in [3.05, 3.63) is 48.6 Å². The van der Waals surface area contributed by atoms with E-state index < -0.39 is 11.9 Å². The van der Waals surface area contributed by atoms with E-state index in [1.807, 2.05) is 0 Å². The maximum atomic E-state index is 9.60. The average molecular weight is 282 g/mol. The van der Waals surface area contributed by atoms with E-state index >= 15 is 0 Å². The molecule has 1 rings (SSSR count). The predicted molar refractivity (Wildman–Crippen MR) is 74.7 cm³/mol. The number of phenolic OH excluding ortho intramolecular Hbond substituents is 2. The van der Waals surface area contributed by atoms with Crippen LogP contribution < -0.4 is 0 Å². The lowest BCUT2D eigenvalue weighted by molar-refractivity contribution is -0.133. The first-order valence-electron chi connectivity index (χ1n) is 5.33. The molecule has 0 bridgehead atoms. The number of carbonyl (C=O) groups is 2. The van der Waals surface area contributed by atoms with Crippen molar-refractivity contribution in [3.8, 4) is 11.5 Å². The quantitative estimate of drug-likeness (QED) is 0.489. The van der Waals surface area contributed by atoms with Crippen molar-refractivity contribution in [1.29, 1.82) is 0 Å². The monoisotopic (exact) mass is 282 g/mol. The van der Waals surface area contributed by atoms with Gasteiger partial charge in [0.05, 0.1) is 0 Å². The summed E-state index contributed by atoms with van der Waals surface area (Å²) in [6.07, 6.45) is 0. The molecule has 0 heterocycles. The largest absolute Gasteiger partial charge is 0.508 e. The molecule has 0 atom stereocenters. The molecule has 0 fully saturated rings. The third-order valence-corrected chi connectivity index (χ3v) is 1.58. The second kappa shape index (κ2) is 10.2. The van der Waals surface area contributed by atoms with E-state index in [4.69, 9.17) is 20.4 Å². The number of phenols is 2. The number of aromatic hydroxyl groups is 2. The van der Waals surface area contributed by atoms with Crippen molar-refractivity contribution in [2.75, 3.05) is 0 Å². The van der Waals surface area contributed by atoms with E-state index in [0.717, 1.165) is 0 Å². The number of hydrogen-bond acceptors (Lipinski definition) is 4. The number of carboxylic acids is 2. The van der Waals surface area contributed by atoms with Gasteiger partial charge in [-0.2, -0.15) is 0 Å². The van der Waals surface area contributed by atoms with Gasteiger partial charge in [-0.3, -0.25) is 0 Å². The summed E-state index contributed by atoms with van der Waals surface area (Å²) in [6.45, 7) is 9.20. The summed E-state index contributed by atoms with van der Waals surface area (Å²) in [5.41, 5.74) is 0.352. The second-order valence-corrected chi connectivity index (χ2v) is 3.69. The van der Waals surface area contributed by atoms with Crippen LogP contribution in [0.2, 0.25) is 0 Å². The number of hydrogen-bond donors (Lipinski definition) is 4. The van der Waals surface area contributed by atoms with Crippen molar-refractivity contribution in [1.82, 2.24) is 0 Å². The summed E-state index contributed by atoms with van der Waals surface area (Å²) in [6, 6.07) is 5.70. The Kier molecular flexibility index (Phi) is 9.97. The van der Waals surface area contributed by atoms with Gasteiger partial charge in [-0.25, -0.2) is 9.59 Å². The third-order valence-electron chi connectivity index (χ3n) is 1.58. The highest BCUT2D eigenvalue weighted by molar-refractivity contribution is 5.85. The number of rotatable bonds is 2. The second-order valence-electron chi connectivity index (χ2n) is 3.69. The fraction of sp³-hybridized carbons (Fsp3) is 0.143. The molecule has 0 aromatic heterocycles. The smallest absolute Gasteiger partial charge is 0.330 e. The Balaban J connectivity index is 0. The molecule has 6 nitrogen and oxygen atoms in total. The molecule has 0 unspecified atom stereocenters. The summed E-state index contributed by atoms with van der Waals surface area (Å²) < 4.78 is 0. The minimum Gasteiger partial charge on any atom is -0.508 e. The van der Waals surface area contributed by atoms with Crippen LogP contribution in [-0.2, 0) is 9.59 Å². The van der Waals surface area contributed by atoms with Gasteiger partial charge in [-0.05, 0) is 38.1 Å². The molecule has 0 aliphatic heterocycles. The Morgan fingerprint density at radius 2 is 0.950 bits per heavy atom. The maximum absolute atomic E-state index is 9.60. The maximum Gasteiger partial charge on any atom is 0.330 e. The molecule has 20 heavy (non-hydrogen) atoms. The number of benzene rings is 1. The molecule has 0 saturated carbocycles. The molecule has 0 aliphatic rings. The van der Waals surface area contributed by atoms with Crippen LogP contribution in [0.1, 0.15) is 13.8 Å². The van der Waals surface area contributed by atoms with E-state index in [9.17, 15) is 9.59 Å². The van der Waals surface area contributed by atoms with Crippen molar-refractivity contribution in [3.63, 3.8) is 0 Å². The van der Waals surface area contributed by atoms with Gasteiger partial charge in [-0.15, -0.1) is 0 Å². The van der Waals surface area contributed by atoms with Crippen LogP contribution in [-0.4, -0.2) is 32.4 Å². The summed E-state index contributed by atoms with van der Waals surface area (Å²) in [7, 11) is 0. The van der Waals surface area contributed by atoms with Crippen LogP contribution >= 0.6 is 0 Å². The molecule has 0 amide bonds. The van der Waals surface area contributed by atoms with Crippen molar-refractivity contribution in [2.45, 2.75) is 13.8 Å². The zero-order valence-corrected chi connectivity index (χ0v) is 11.3. The standard InChI is InChI=1S/C6H6O2.2C4H6O2/c7-5-1-2-6(8)4-3-5;2*1-3(2)4(5)6/h1-4,7-8H;2*1H2,2H3,(H,5,6). The van der Waals surface area contributed by atoms with E-state index in [0.29, 0.717) is 0 Å². The van der Waals surface area contributed by atoms with Crippen LogP contribution in [0.15, 0.2) is 48.6 Å². The van der Waals surface area contributed by atoms with E-state index in [-0.39, 0.29) is 22.6 Å². The summed E-state index contributed by atoms with van der Waals surface area (Å²) in [5, 5.41) is 33.1. The first-order valence-corrected chi connectivity index (χ1v) is 5.33. The number of carboxylic acid groups (broad SMARTS) is 2. The first kappa shape index (κ1) is 19.6. The van der Waals surface area contributed by atoms with Crippen LogP contribution in [0.5, 0.6) is 11.5 Å². The molecular formula is C14H18O6. The van der Waals surface area contributed by atoms with Gasteiger partial charge in [0.25, 0.3) is 0 Å². The highest BCUT2D eigenvalue weighted by Gasteiger charge is 1.90. The Labute approximate surface area is 116 Å². The lowest BCUT2D eigenvalue weighted by Gasteiger charge is -1.88. The summed E-state index contributed by atoms with van der Waals surface area (Å²) >= 11 is 0. The minimum absolute atomic E-state index is 0.169. The Morgan fingerprint density at radius 3 is 1.05 bits per heavy atom. The van der Waals surface area contributed by atoms with Crippen molar-refractivity contribution in [2.24, 2.45) is 0 Å². The topological polar surface area (TPSA) is 115 Å². The minimum atomic E-state index is -0.935. The van der Waals surface area contributed by atoms with Gasteiger partial charge >= 0.3 is 11.9 Å². The van der Waals surface area contributed by atoms with Gasteiger partial charge in [0.2, 0.25) is 0 Å². The van der Waals surface area contributed by atoms with E-state index in [1.54, 1.807) is 0 Å². The zero-order chi connectivity index (χ0) is 16.3. The molecule has 0 aliphatic carbocycles. The molecule has 110 valence electrons. The van der Waals surface area contributed by atoms with Gasteiger partial charge in [0, 0.05) is 11.1 Å². The van der Waals surface area contributed by atoms with E-state index in [1.165, 1.54) is 38.1 Å². The van der Waals surface area contributed by atoms with Gasteiger partial charge in [0.1, 0.15) is 11.5 Å². The Bertz CT molecular complexity index is 404. The van der Waals surface area contributed by atoms with Gasteiger partial charge in [-0.1, -0.05) is 13.2 Å². The molecule has 0 spiro atoms. The van der Waals surface area contributed by atoms with Crippen molar-refractivity contribution >= 4 is 11.9 Å². The van der Waals surface area contributed by atoms with Gasteiger partial charge < -0.3 is 20.4 Å². The van der Waals surface area contributed by atoms with Crippen LogP contribution in [0.3, 0.4) is 0 Å². The fourth-order valence-corrected chi connectivity index (χ4v) is 0.453. The molecular weight excluding hydrogens is 264 g/mol. The molecule has 6 heteroatoms. The predicted octanol–water partition coefficient (Wildman–Crippen LogP) is 2.39. The number of aliphatic carboxylic acids is 2. The highest BCUT2D eigenvalue weighted by Crippen LogP contribution is 2.13. The van der Waals surface area contributed by atoms with Gasteiger partial charge in [0.15, 0.2) is 0 Å². The zero-order valence-electron chi connectivity index (χ0n) is 11.3. The van der Waals surface area contributed by atoms with Crippen LogP contribution in [0.25, 0.3) is 0 Å². The summed E-state index contributed by atoms with van der Waals surface area (Å²) in [5.74, 6) is -1.53.